The number of carbonyl (C=O) groups excluding carboxylic acids is 1. The number of hydrogen-bond acceptors (Lipinski definition) is 3. The highest BCUT2D eigenvalue weighted by Crippen LogP contribution is 2.31. The molecular formula is C20H31N3O2. The molecule has 138 valence electrons. The van der Waals surface area contributed by atoms with Crippen LogP contribution in [0.3, 0.4) is 0 Å². The molecule has 5 heteroatoms. The van der Waals surface area contributed by atoms with Gasteiger partial charge < -0.3 is 15.3 Å². The predicted molar refractivity (Wildman–Crippen MR) is 99.6 cm³/mol. The van der Waals surface area contributed by atoms with Crippen LogP contribution >= 0.6 is 0 Å². The van der Waals surface area contributed by atoms with Gasteiger partial charge in [0.15, 0.2) is 0 Å². The van der Waals surface area contributed by atoms with Gasteiger partial charge in [0, 0.05) is 45.4 Å². The number of carbonyl (C=O) groups is 1. The molecule has 1 heterocycles. The number of rotatable bonds is 7. The van der Waals surface area contributed by atoms with Crippen molar-refractivity contribution in [2.45, 2.75) is 38.6 Å². The number of nitrogens with one attached hydrogen (secondary N) is 1. The Kier molecular flexibility index (Phi) is 6.32. The third-order valence-corrected chi connectivity index (χ3v) is 5.35. The van der Waals surface area contributed by atoms with Gasteiger partial charge >= 0.3 is 6.03 Å². The highest BCUT2D eigenvalue weighted by molar-refractivity contribution is 5.74. The van der Waals surface area contributed by atoms with E-state index in [0.717, 1.165) is 44.9 Å². The van der Waals surface area contributed by atoms with E-state index in [4.69, 9.17) is 0 Å². The molecule has 1 saturated carbocycles. The summed E-state index contributed by atoms with van der Waals surface area (Å²) < 4.78 is 0. The third kappa shape index (κ3) is 5.44. The molecule has 1 saturated heterocycles. The lowest BCUT2D eigenvalue weighted by Crippen LogP contribution is -2.57. The van der Waals surface area contributed by atoms with Gasteiger partial charge in [-0.05, 0) is 44.1 Å². The molecule has 2 N–H and O–H groups in total. The van der Waals surface area contributed by atoms with Gasteiger partial charge in [-0.1, -0.05) is 29.8 Å². The Balaban J connectivity index is 1.44. The van der Waals surface area contributed by atoms with Crippen molar-refractivity contribution in [2.24, 2.45) is 5.92 Å². The first-order valence-electron chi connectivity index (χ1n) is 9.59. The minimum atomic E-state index is 0.0288. The number of aliphatic hydroxyl groups excluding tert-OH is 1. The van der Waals surface area contributed by atoms with Crippen molar-refractivity contribution >= 4 is 6.03 Å². The zero-order valence-corrected chi connectivity index (χ0v) is 15.3. The predicted octanol–water partition coefficient (Wildman–Crippen LogP) is 2.03. The fourth-order valence-electron chi connectivity index (χ4n) is 3.55. The number of amides is 2. The highest BCUT2D eigenvalue weighted by atomic mass is 16.3. The van der Waals surface area contributed by atoms with Crippen molar-refractivity contribution in [1.29, 1.82) is 0 Å². The lowest BCUT2D eigenvalue weighted by molar-refractivity contribution is 0.0704. The van der Waals surface area contributed by atoms with Crippen LogP contribution < -0.4 is 5.32 Å². The van der Waals surface area contributed by atoms with Gasteiger partial charge in [0.2, 0.25) is 0 Å². The Morgan fingerprint density at radius 2 is 2.00 bits per heavy atom. The normalized spacial score (nSPS) is 21.4. The summed E-state index contributed by atoms with van der Waals surface area (Å²) in [4.78, 5) is 16.9. The molecule has 0 unspecified atom stereocenters. The maximum Gasteiger partial charge on any atom is 0.317 e. The second kappa shape index (κ2) is 8.68. The maximum atomic E-state index is 12.5. The topological polar surface area (TPSA) is 55.8 Å². The number of hydrogen-bond donors (Lipinski definition) is 2. The molecule has 0 bridgehead atoms. The van der Waals surface area contributed by atoms with E-state index in [1.807, 2.05) is 4.90 Å². The van der Waals surface area contributed by atoms with Crippen LogP contribution in [-0.4, -0.2) is 66.3 Å². The molecule has 2 aliphatic rings. The van der Waals surface area contributed by atoms with Gasteiger partial charge in [-0.2, -0.15) is 0 Å². The zero-order chi connectivity index (χ0) is 17.6. The van der Waals surface area contributed by atoms with Crippen LogP contribution in [-0.2, 0) is 6.42 Å². The summed E-state index contributed by atoms with van der Waals surface area (Å²) in [5, 5.41) is 12.4. The van der Waals surface area contributed by atoms with Crippen LogP contribution in [0, 0.1) is 12.8 Å². The molecule has 5 nitrogen and oxygen atoms in total. The van der Waals surface area contributed by atoms with Crippen LogP contribution in [0.25, 0.3) is 0 Å². The smallest absolute Gasteiger partial charge is 0.317 e. The Labute approximate surface area is 151 Å². The molecule has 3 rings (SSSR count). The summed E-state index contributed by atoms with van der Waals surface area (Å²) in [5.74, 6) is 0.844. The molecule has 1 aliphatic heterocycles. The molecule has 1 aromatic carbocycles. The molecule has 1 atom stereocenters. The first-order chi connectivity index (χ1) is 12.2. The standard InChI is InChI=1S/C20H31N3O2/c1-16-2-4-17(5-3-16)8-10-21-20(25)23-12-11-22(14-18-6-7-18)19(15-23)9-13-24/h2-5,18-19,24H,6-15H2,1H3,(H,21,25)/t19-/m0/s1. The molecular weight excluding hydrogens is 314 g/mol. The summed E-state index contributed by atoms with van der Waals surface area (Å²) >= 11 is 0. The van der Waals surface area contributed by atoms with Gasteiger partial charge in [0.25, 0.3) is 0 Å². The number of nitrogens with zero attached hydrogens (tertiary/aromatic N) is 2. The van der Waals surface area contributed by atoms with E-state index in [0.29, 0.717) is 12.6 Å². The van der Waals surface area contributed by atoms with Crippen LogP contribution in [0.1, 0.15) is 30.4 Å². The van der Waals surface area contributed by atoms with Crippen molar-refractivity contribution in [3.8, 4) is 0 Å². The van der Waals surface area contributed by atoms with Crippen molar-refractivity contribution in [3.63, 3.8) is 0 Å². The average molecular weight is 345 g/mol. The minimum Gasteiger partial charge on any atom is -0.396 e. The van der Waals surface area contributed by atoms with Gasteiger partial charge in [0.1, 0.15) is 0 Å². The lowest BCUT2D eigenvalue weighted by atomic mass is 10.1. The van der Waals surface area contributed by atoms with Gasteiger partial charge in [-0.15, -0.1) is 0 Å². The Morgan fingerprint density at radius 1 is 1.24 bits per heavy atom. The van der Waals surface area contributed by atoms with Crippen LogP contribution in [0.5, 0.6) is 0 Å². The van der Waals surface area contributed by atoms with Gasteiger partial charge in [-0.3, -0.25) is 4.90 Å². The number of aliphatic hydroxyl groups is 1. The van der Waals surface area contributed by atoms with E-state index in [1.165, 1.54) is 24.0 Å². The largest absolute Gasteiger partial charge is 0.396 e. The van der Waals surface area contributed by atoms with E-state index in [2.05, 4.69) is 41.4 Å². The van der Waals surface area contributed by atoms with Crippen LogP contribution in [0.2, 0.25) is 0 Å². The van der Waals surface area contributed by atoms with Crippen LogP contribution in [0.4, 0.5) is 4.79 Å². The van der Waals surface area contributed by atoms with Gasteiger partial charge in [0.05, 0.1) is 0 Å². The first kappa shape index (κ1) is 18.2. The maximum absolute atomic E-state index is 12.5. The summed E-state index contributed by atoms with van der Waals surface area (Å²) in [7, 11) is 0. The summed E-state index contributed by atoms with van der Waals surface area (Å²) in [5.41, 5.74) is 2.50. The van der Waals surface area contributed by atoms with Crippen molar-refractivity contribution in [3.05, 3.63) is 35.4 Å². The first-order valence-corrected chi connectivity index (χ1v) is 9.59. The quantitative estimate of drug-likeness (QED) is 0.795. The second-order valence-corrected chi connectivity index (χ2v) is 7.52. The van der Waals surface area contributed by atoms with E-state index in [1.54, 1.807) is 0 Å². The fourth-order valence-corrected chi connectivity index (χ4v) is 3.55. The van der Waals surface area contributed by atoms with Gasteiger partial charge in [-0.25, -0.2) is 4.79 Å². The van der Waals surface area contributed by atoms with Crippen LogP contribution in [0.15, 0.2) is 24.3 Å². The van der Waals surface area contributed by atoms with Crippen molar-refractivity contribution in [1.82, 2.24) is 15.1 Å². The lowest BCUT2D eigenvalue weighted by Gasteiger charge is -2.41. The van der Waals surface area contributed by atoms with Crippen molar-refractivity contribution in [2.75, 3.05) is 39.3 Å². The number of piperazine rings is 1. The average Bonchev–Trinajstić information content (AvgIpc) is 3.42. The van der Waals surface area contributed by atoms with Crippen molar-refractivity contribution < 1.29 is 9.90 Å². The molecule has 0 aromatic heterocycles. The molecule has 0 spiro atoms. The SMILES string of the molecule is Cc1ccc(CCNC(=O)N2CCN(CC3CC3)[C@@H](CCO)C2)cc1. The molecule has 25 heavy (non-hydrogen) atoms. The summed E-state index contributed by atoms with van der Waals surface area (Å²) in [6.07, 6.45) is 4.28. The number of aryl methyl sites for hydroxylation is 1. The van der Waals surface area contributed by atoms with E-state index in [9.17, 15) is 9.90 Å². The Bertz CT molecular complexity index is 557. The van der Waals surface area contributed by atoms with E-state index >= 15 is 0 Å². The van der Waals surface area contributed by atoms with E-state index < -0.39 is 0 Å². The second-order valence-electron chi connectivity index (χ2n) is 7.52. The zero-order valence-electron chi connectivity index (χ0n) is 15.3. The molecule has 2 amide bonds. The molecule has 0 radical (unpaired) electrons. The summed E-state index contributed by atoms with van der Waals surface area (Å²) in [6.45, 7) is 6.50. The third-order valence-electron chi connectivity index (χ3n) is 5.35. The number of urea groups is 1. The number of benzene rings is 1. The molecule has 2 fully saturated rings. The molecule has 1 aromatic rings. The fraction of sp³-hybridized carbons (Fsp3) is 0.650. The Hall–Kier alpha value is -1.59. The molecule has 1 aliphatic carbocycles. The highest BCUT2D eigenvalue weighted by Gasteiger charge is 2.33. The Morgan fingerprint density at radius 3 is 2.68 bits per heavy atom. The summed E-state index contributed by atoms with van der Waals surface area (Å²) in [6, 6.07) is 8.78. The van der Waals surface area contributed by atoms with E-state index in [-0.39, 0.29) is 12.6 Å². The minimum absolute atomic E-state index is 0.0288. The monoisotopic (exact) mass is 345 g/mol.